The van der Waals surface area contributed by atoms with Crippen LogP contribution in [0.4, 0.5) is 0 Å². The Morgan fingerprint density at radius 2 is 2.24 bits per heavy atom. The van der Waals surface area contributed by atoms with Crippen LogP contribution in [-0.4, -0.2) is 42.1 Å². The standard InChI is InChI=1S/C12H15ClN2O2/c1-15-6-3-9(4-7-15)17-12(16)10-8-14-5-2-11(10)13/h2,5,8-9H,3-4,6-7H2,1H3. The van der Waals surface area contributed by atoms with Crippen LogP contribution in [0.1, 0.15) is 23.2 Å². The summed E-state index contributed by atoms with van der Waals surface area (Å²) in [5.41, 5.74) is 0.341. The van der Waals surface area contributed by atoms with E-state index in [9.17, 15) is 4.79 Å². The normalized spacial score (nSPS) is 18.0. The van der Waals surface area contributed by atoms with Crippen molar-refractivity contribution in [2.24, 2.45) is 0 Å². The van der Waals surface area contributed by atoms with E-state index in [1.54, 1.807) is 12.3 Å². The lowest BCUT2D eigenvalue weighted by Crippen LogP contribution is -2.35. The van der Waals surface area contributed by atoms with E-state index in [0.717, 1.165) is 25.9 Å². The van der Waals surface area contributed by atoms with Crippen molar-refractivity contribution in [1.82, 2.24) is 9.88 Å². The molecule has 0 spiro atoms. The number of carbonyl (C=O) groups is 1. The average molecular weight is 255 g/mol. The van der Waals surface area contributed by atoms with Crippen LogP contribution in [0, 0.1) is 0 Å². The SMILES string of the molecule is CN1CCC(OC(=O)c2cnccc2Cl)CC1. The number of hydrogen-bond donors (Lipinski definition) is 0. The highest BCUT2D eigenvalue weighted by Gasteiger charge is 2.22. The van der Waals surface area contributed by atoms with Gasteiger partial charge in [0, 0.05) is 25.5 Å². The minimum atomic E-state index is -0.377. The van der Waals surface area contributed by atoms with E-state index in [-0.39, 0.29) is 12.1 Å². The first kappa shape index (κ1) is 12.3. The molecule has 0 amide bonds. The Morgan fingerprint density at radius 1 is 1.53 bits per heavy atom. The van der Waals surface area contributed by atoms with Gasteiger partial charge in [-0.15, -0.1) is 0 Å². The van der Waals surface area contributed by atoms with Crippen molar-refractivity contribution in [3.8, 4) is 0 Å². The molecule has 92 valence electrons. The van der Waals surface area contributed by atoms with Gasteiger partial charge in [0.1, 0.15) is 6.10 Å². The highest BCUT2D eigenvalue weighted by atomic mass is 35.5. The number of hydrogen-bond acceptors (Lipinski definition) is 4. The highest BCUT2D eigenvalue weighted by Crippen LogP contribution is 2.18. The molecule has 0 saturated carbocycles. The van der Waals surface area contributed by atoms with Gasteiger partial charge in [-0.05, 0) is 26.0 Å². The molecule has 1 aliphatic heterocycles. The number of aromatic nitrogens is 1. The lowest BCUT2D eigenvalue weighted by molar-refractivity contribution is 0.0139. The predicted molar refractivity (Wildman–Crippen MR) is 65.2 cm³/mol. The molecule has 0 atom stereocenters. The molecule has 2 heterocycles. The summed E-state index contributed by atoms with van der Waals surface area (Å²) in [5.74, 6) is -0.377. The number of halogens is 1. The van der Waals surface area contributed by atoms with E-state index in [4.69, 9.17) is 16.3 Å². The summed E-state index contributed by atoms with van der Waals surface area (Å²) in [5, 5.41) is 0.387. The fraction of sp³-hybridized carbons (Fsp3) is 0.500. The first-order valence-corrected chi connectivity index (χ1v) is 6.03. The number of piperidine rings is 1. The fourth-order valence-corrected chi connectivity index (χ4v) is 2.03. The summed E-state index contributed by atoms with van der Waals surface area (Å²) in [6.07, 6.45) is 4.74. The maximum atomic E-state index is 11.9. The van der Waals surface area contributed by atoms with E-state index in [1.807, 2.05) is 0 Å². The Bertz CT molecular complexity index is 403. The third-order valence-electron chi connectivity index (χ3n) is 2.93. The summed E-state index contributed by atoms with van der Waals surface area (Å²) in [6, 6.07) is 1.59. The van der Waals surface area contributed by atoms with E-state index >= 15 is 0 Å². The molecule has 0 unspecified atom stereocenters. The second-order valence-electron chi connectivity index (χ2n) is 4.26. The monoisotopic (exact) mass is 254 g/mol. The second-order valence-corrected chi connectivity index (χ2v) is 4.67. The maximum absolute atomic E-state index is 11.9. The first-order chi connectivity index (χ1) is 8.16. The van der Waals surface area contributed by atoms with Gasteiger partial charge in [-0.2, -0.15) is 0 Å². The third-order valence-corrected chi connectivity index (χ3v) is 3.26. The van der Waals surface area contributed by atoms with Gasteiger partial charge >= 0.3 is 5.97 Å². The molecule has 1 saturated heterocycles. The summed E-state index contributed by atoms with van der Waals surface area (Å²) in [7, 11) is 2.07. The van der Waals surface area contributed by atoms with Crippen LogP contribution in [0.2, 0.25) is 5.02 Å². The minimum Gasteiger partial charge on any atom is -0.459 e. The number of carbonyl (C=O) groups excluding carboxylic acids is 1. The molecule has 1 aliphatic rings. The quantitative estimate of drug-likeness (QED) is 0.757. The molecule has 0 bridgehead atoms. The number of pyridine rings is 1. The van der Waals surface area contributed by atoms with Crippen LogP contribution in [-0.2, 0) is 4.74 Å². The number of esters is 1. The van der Waals surface area contributed by atoms with Crippen LogP contribution >= 0.6 is 11.6 Å². The van der Waals surface area contributed by atoms with Crippen LogP contribution in [0.25, 0.3) is 0 Å². The molecule has 0 aromatic carbocycles. The molecule has 0 radical (unpaired) electrons. The van der Waals surface area contributed by atoms with E-state index in [2.05, 4.69) is 16.9 Å². The summed E-state index contributed by atoms with van der Waals surface area (Å²) in [4.78, 5) is 18.0. The van der Waals surface area contributed by atoms with Crippen molar-refractivity contribution in [2.45, 2.75) is 18.9 Å². The van der Waals surface area contributed by atoms with Gasteiger partial charge in [-0.3, -0.25) is 4.98 Å². The van der Waals surface area contributed by atoms with Gasteiger partial charge in [0.15, 0.2) is 0 Å². The van der Waals surface area contributed by atoms with Crippen LogP contribution in [0.15, 0.2) is 18.5 Å². The number of rotatable bonds is 2. The van der Waals surface area contributed by atoms with Crippen molar-refractivity contribution in [2.75, 3.05) is 20.1 Å². The Labute approximate surface area is 106 Å². The first-order valence-electron chi connectivity index (χ1n) is 5.66. The zero-order valence-corrected chi connectivity index (χ0v) is 10.5. The summed E-state index contributed by atoms with van der Waals surface area (Å²) >= 11 is 5.91. The molecule has 0 N–H and O–H groups in total. The maximum Gasteiger partial charge on any atom is 0.341 e. The molecule has 17 heavy (non-hydrogen) atoms. The Hall–Kier alpha value is -1.13. The number of likely N-dealkylation sites (tertiary alicyclic amines) is 1. The molecule has 1 fully saturated rings. The molecule has 1 aromatic heterocycles. The molecular formula is C12H15ClN2O2. The van der Waals surface area contributed by atoms with Crippen molar-refractivity contribution in [1.29, 1.82) is 0 Å². The summed E-state index contributed by atoms with van der Waals surface area (Å²) in [6.45, 7) is 1.91. The third kappa shape index (κ3) is 3.17. The second kappa shape index (κ2) is 5.47. The smallest absolute Gasteiger partial charge is 0.341 e. The molecule has 1 aromatic rings. The van der Waals surface area contributed by atoms with Gasteiger partial charge in [0.05, 0.1) is 10.6 Å². The van der Waals surface area contributed by atoms with E-state index in [1.165, 1.54) is 6.20 Å². The zero-order valence-electron chi connectivity index (χ0n) is 9.73. The molecule has 4 nitrogen and oxygen atoms in total. The minimum absolute atomic E-state index is 0.00465. The lowest BCUT2D eigenvalue weighted by Gasteiger charge is -2.28. The van der Waals surface area contributed by atoms with Crippen LogP contribution < -0.4 is 0 Å². The zero-order chi connectivity index (χ0) is 12.3. The Kier molecular flexibility index (Phi) is 3.97. The fourth-order valence-electron chi connectivity index (χ4n) is 1.85. The molecule has 0 aliphatic carbocycles. The van der Waals surface area contributed by atoms with Gasteiger partial charge in [0.25, 0.3) is 0 Å². The average Bonchev–Trinajstić information content (AvgIpc) is 2.32. The van der Waals surface area contributed by atoms with Gasteiger partial charge in [0.2, 0.25) is 0 Å². The lowest BCUT2D eigenvalue weighted by atomic mass is 10.1. The van der Waals surface area contributed by atoms with Crippen LogP contribution in [0.3, 0.4) is 0 Å². The summed E-state index contributed by atoms with van der Waals surface area (Å²) < 4.78 is 5.42. The highest BCUT2D eigenvalue weighted by molar-refractivity contribution is 6.33. The molecule has 2 rings (SSSR count). The number of nitrogens with zero attached hydrogens (tertiary/aromatic N) is 2. The topological polar surface area (TPSA) is 42.4 Å². The van der Waals surface area contributed by atoms with E-state index < -0.39 is 0 Å². The van der Waals surface area contributed by atoms with Gasteiger partial charge in [-0.1, -0.05) is 11.6 Å². The molecule has 5 heteroatoms. The Balaban J connectivity index is 1.96. The largest absolute Gasteiger partial charge is 0.459 e. The van der Waals surface area contributed by atoms with Crippen molar-refractivity contribution in [3.63, 3.8) is 0 Å². The van der Waals surface area contributed by atoms with Crippen molar-refractivity contribution in [3.05, 3.63) is 29.0 Å². The van der Waals surface area contributed by atoms with Crippen LogP contribution in [0.5, 0.6) is 0 Å². The molecular weight excluding hydrogens is 240 g/mol. The van der Waals surface area contributed by atoms with Crippen molar-refractivity contribution >= 4 is 17.6 Å². The number of ether oxygens (including phenoxy) is 1. The Morgan fingerprint density at radius 3 is 2.88 bits per heavy atom. The predicted octanol–water partition coefficient (Wildman–Crippen LogP) is 1.99. The van der Waals surface area contributed by atoms with Gasteiger partial charge in [-0.25, -0.2) is 4.79 Å². The van der Waals surface area contributed by atoms with Crippen molar-refractivity contribution < 1.29 is 9.53 Å². The van der Waals surface area contributed by atoms with Gasteiger partial charge < -0.3 is 9.64 Å². The van der Waals surface area contributed by atoms with E-state index in [0.29, 0.717) is 10.6 Å².